The Bertz CT molecular complexity index is 339. The summed E-state index contributed by atoms with van der Waals surface area (Å²) in [5.41, 5.74) is 10.6. The molecule has 15 heavy (non-hydrogen) atoms. The van der Waals surface area contributed by atoms with Gasteiger partial charge in [0.1, 0.15) is 0 Å². The standard InChI is InChI=1S/C11H18N4/c1-7-4-9(7)11(15-13)5-8-6-14-3-2-10(8)12/h2-3,6-7,9,11,15H,4-5,13H2,1H3,(H2,12,14). The Morgan fingerprint density at radius 1 is 1.67 bits per heavy atom. The second-order valence-electron chi connectivity index (χ2n) is 4.43. The van der Waals surface area contributed by atoms with Gasteiger partial charge >= 0.3 is 0 Å². The number of nitrogen functional groups attached to an aromatic ring is 1. The molecule has 3 unspecified atom stereocenters. The predicted molar refractivity (Wildman–Crippen MR) is 60.7 cm³/mol. The lowest BCUT2D eigenvalue weighted by Crippen LogP contribution is -2.39. The summed E-state index contributed by atoms with van der Waals surface area (Å²) in [4.78, 5) is 4.08. The van der Waals surface area contributed by atoms with Gasteiger partial charge in [0.05, 0.1) is 0 Å². The Labute approximate surface area is 90.0 Å². The van der Waals surface area contributed by atoms with Crippen LogP contribution in [-0.4, -0.2) is 11.0 Å². The van der Waals surface area contributed by atoms with Crippen molar-refractivity contribution in [2.24, 2.45) is 17.7 Å². The first-order valence-corrected chi connectivity index (χ1v) is 5.37. The minimum atomic E-state index is 0.325. The van der Waals surface area contributed by atoms with E-state index in [1.54, 1.807) is 6.20 Å². The van der Waals surface area contributed by atoms with Crippen LogP contribution in [0.4, 0.5) is 5.69 Å². The van der Waals surface area contributed by atoms with Crippen LogP contribution in [0.1, 0.15) is 18.9 Å². The number of aromatic nitrogens is 1. The molecule has 1 heterocycles. The van der Waals surface area contributed by atoms with Crippen molar-refractivity contribution in [2.45, 2.75) is 25.8 Å². The van der Waals surface area contributed by atoms with Gasteiger partial charge in [0.25, 0.3) is 0 Å². The van der Waals surface area contributed by atoms with Gasteiger partial charge in [0.15, 0.2) is 0 Å². The lowest BCUT2D eigenvalue weighted by Gasteiger charge is -2.16. The highest BCUT2D eigenvalue weighted by atomic mass is 15.2. The number of hydrogen-bond acceptors (Lipinski definition) is 4. The number of rotatable bonds is 4. The molecule has 0 spiro atoms. The fourth-order valence-corrected chi connectivity index (χ4v) is 2.09. The second-order valence-corrected chi connectivity index (χ2v) is 4.43. The van der Waals surface area contributed by atoms with Crippen LogP contribution in [-0.2, 0) is 6.42 Å². The fraction of sp³-hybridized carbons (Fsp3) is 0.545. The SMILES string of the molecule is CC1CC1C(Cc1cnccc1N)NN. The van der Waals surface area contributed by atoms with Crippen molar-refractivity contribution in [1.29, 1.82) is 0 Å². The van der Waals surface area contributed by atoms with E-state index in [4.69, 9.17) is 11.6 Å². The molecule has 1 aliphatic rings. The van der Waals surface area contributed by atoms with Crippen LogP contribution in [0, 0.1) is 11.8 Å². The predicted octanol–water partition coefficient (Wildman–Crippen LogP) is 0.694. The van der Waals surface area contributed by atoms with Crippen molar-refractivity contribution in [3.8, 4) is 0 Å². The summed E-state index contributed by atoms with van der Waals surface area (Å²) in [5, 5.41) is 0. The largest absolute Gasteiger partial charge is 0.398 e. The number of hydrogen-bond donors (Lipinski definition) is 3. The van der Waals surface area contributed by atoms with Crippen LogP contribution in [0.3, 0.4) is 0 Å². The van der Waals surface area contributed by atoms with Crippen molar-refractivity contribution in [3.63, 3.8) is 0 Å². The van der Waals surface area contributed by atoms with Crippen LogP contribution in [0.5, 0.6) is 0 Å². The molecule has 2 rings (SSSR count). The number of nitrogens with zero attached hydrogens (tertiary/aromatic N) is 1. The molecular formula is C11H18N4. The van der Waals surface area contributed by atoms with E-state index in [1.165, 1.54) is 6.42 Å². The van der Waals surface area contributed by atoms with Crippen LogP contribution in [0.2, 0.25) is 0 Å². The van der Waals surface area contributed by atoms with Gasteiger partial charge in [-0.1, -0.05) is 6.92 Å². The minimum Gasteiger partial charge on any atom is -0.398 e. The lowest BCUT2D eigenvalue weighted by atomic mass is 10.0. The molecule has 1 aromatic rings. The Kier molecular flexibility index (Phi) is 2.88. The third kappa shape index (κ3) is 2.27. The molecule has 0 amide bonds. The summed E-state index contributed by atoms with van der Waals surface area (Å²) >= 11 is 0. The average molecular weight is 206 g/mol. The molecule has 1 saturated carbocycles. The van der Waals surface area contributed by atoms with E-state index in [9.17, 15) is 0 Å². The van der Waals surface area contributed by atoms with Crippen LogP contribution >= 0.6 is 0 Å². The highest BCUT2D eigenvalue weighted by molar-refractivity contribution is 5.44. The van der Waals surface area contributed by atoms with Gasteiger partial charge in [-0.25, -0.2) is 0 Å². The van der Waals surface area contributed by atoms with Gasteiger partial charge in [0, 0.05) is 24.1 Å². The Hall–Kier alpha value is -1.13. The summed E-state index contributed by atoms with van der Waals surface area (Å²) in [6.07, 6.45) is 5.66. The summed E-state index contributed by atoms with van der Waals surface area (Å²) < 4.78 is 0. The number of pyridine rings is 1. The smallest absolute Gasteiger partial charge is 0.0378 e. The zero-order valence-corrected chi connectivity index (χ0v) is 8.98. The average Bonchev–Trinajstić information content (AvgIpc) is 2.94. The third-order valence-corrected chi connectivity index (χ3v) is 3.28. The first-order valence-electron chi connectivity index (χ1n) is 5.37. The monoisotopic (exact) mass is 206 g/mol. The molecule has 5 N–H and O–H groups in total. The summed E-state index contributed by atoms with van der Waals surface area (Å²) in [6.45, 7) is 2.25. The summed E-state index contributed by atoms with van der Waals surface area (Å²) in [7, 11) is 0. The van der Waals surface area contributed by atoms with E-state index < -0.39 is 0 Å². The van der Waals surface area contributed by atoms with Crippen LogP contribution < -0.4 is 17.0 Å². The zero-order valence-electron chi connectivity index (χ0n) is 8.98. The fourth-order valence-electron chi connectivity index (χ4n) is 2.09. The zero-order chi connectivity index (χ0) is 10.8. The highest BCUT2D eigenvalue weighted by Gasteiger charge is 2.39. The third-order valence-electron chi connectivity index (χ3n) is 3.28. The topological polar surface area (TPSA) is 77.0 Å². The van der Waals surface area contributed by atoms with Crippen molar-refractivity contribution >= 4 is 5.69 Å². The Balaban J connectivity index is 2.03. The van der Waals surface area contributed by atoms with Gasteiger partial charge in [0.2, 0.25) is 0 Å². The molecule has 0 radical (unpaired) electrons. The number of anilines is 1. The van der Waals surface area contributed by atoms with E-state index in [2.05, 4.69) is 17.3 Å². The van der Waals surface area contributed by atoms with E-state index >= 15 is 0 Å². The van der Waals surface area contributed by atoms with E-state index in [0.29, 0.717) is 12.0 Å². The van der Waals surface area contributed by atoms with Gasteiger partial charge < -0.3 is 5.73 Å². The van der Waals surface area contributed by atoms with E-state index in [1.807, 2.05) is 12.3 Å². The van der Waals surface area contributed by atoms with Crippen LogP contribution in [0.15, 0.2) is 18.5 Å². The number of nitrogens with two attached hydrogens (primary N) is 2. The van der Waals surface area contributed by atoms with Crippen molar-refractivity contribution in [1.82, 2.24) is 10.4 Å². The first kappa shape index (κ1) is 10.4. The number of hydrazine groups is 1. The summed E-state index contributed by atoms with van der Waals surface area (Å²) in [5.74, 6) is 7.03. The van der Waals surface area contributed by atoms with Gasteiger partial charge in [-0.3, -0.25) is 16.3 Å². The molecule has 3 atom stereocenters. The lowest BCUT2D eigenvalue weighted by molar-refractivity contribution is 0.454. The normalized spacial score (nSPS) is 26.3. The van der Waals surface area contributed by atoms with E-state index in [0.717, 1.165) is 23.6 Å². The molecule has 1 fully saturated rings. The molecule has 0 aliphatic heterocycles. The van der Waals surface area contributed by atoms with Gasteiger partial charge in [-0.15, -0.1) is 0 Å². The maximum Gasteiger partial charge on any atom is 0.0378 e. The first-order chi connectivity index (χ1) is 7.22. The molecule has 4 nitrogen and oxygen atoms in total. The molecule has 1 aromatic heterocycles. The maximum atomic E-state index is 5.87. The Morgan fingerprint density at radius 2 is 2.40 bits per heavy atom. The second kappa shape index (κ2) is 4.16. The maximum absolute atomic E-state index is 5.87. The van der Waals surface area contributed by atoms with Crippen molar-refractivity contribution in [3.05, 3.63) is 24.0 Å². The van der Waals surface area contributed by atoms with Gasteiger partial charge in [-0.05, 0) is 36.3 Å². The quantitative estimate of drug-likeness (QED) is 0.500. The van der Waals surface area contributed by atoms with Crippen molar-refractivity contribution < 1.29 is 0 Å². The minimum absolute atomic E-state index is 0.325. The molecule has 4 heteroatoms. The Morgan fingerprint density at radius 3 is 2.93 bits per heavy atom. The van der Waals surface area contributed by atoms with E-state index in [-0.39, 0.29) is 0 Å². The summed E-state index contributed by atoms with van der Waals surface area (Å²) in [6, 6.07) is 2.16. The van der Waals surface area contributed by atoms with Gasteiger partial charge in [-0.2, -0.15) is 0 Å². The molecule has 82 valence electrons. The molecule has 0 bridgehead atoms. The molecule has 0 aromatic carbocycles. The molecule has 0 saturated heterocycles. The molecular weight excluding hydrogens is 188 g/mol. The number of nitrogens with one attached hydrogen (secondary N) is 1. The molecule has 1 aliphatic carbocycles. The van der Waals surface area contributed by atoms with Crippen molar-refractivity contribution in [2.75, 3.05) is 5.73 Å². The highest BCUT2D eigenvalue weighted by Crippen LogP contribution is 2.41. The van der Waals surface area contributed by atoms with Crippen LogP contribution in [0.25, 0.3) is 0 Å².